The third kappa shape index (κ3) is 2.80. The van der Waals surface area contributed by atoms with Crippen LogP contribution in [-0.2, 0) is 6.54 Å². The number of aromatic nitrogens is 4. The van der Waals surface area contributed by atoms with Crippen molar-refractivity contribution < 1.29 is 0 Å². The van der Waals surface area contributed by atoms with E-state index in [9.17, 15) is 0 Å². The lowest BCUT2D eigenvalue weighted by molar-refractivity contribution is 0.563. The van der Waals surface area contributed by atoms with E-state index in [-0.39, 0.29) is 0 Å². The molecule has 0 atom stereocenters. The number of benzene rings is 1. The van der Waals surface area contributed by atoms with E-state index >= 15 is 0 Å². The molecule has 0 spiro atoms. The van der Waals surface area contributed by atoms with E-state index in [4.69, 9.17) is 23.2 Å². The molecule has 0 saturated heterocycles. The minimum atomic E-state index is 0.344. The number of rotatable bonds is 4. The minimum absolute atomic E-state index is 0.344. The third-order valence-electron chi connectivity index (χ3n) is 2.35. The molecule has 1 N–H and O–H groups in total. The molecule has 2 rings (SSSR count). The molecule has 0 aliphatic heterocycles. The van der Waals surface area contributed by atoms with E-state index < -0.39 is 0 Å². The van der Waals surface area contributed by atoms with Gasteiger partial charge in [-0.25, -0.2) is 0 Å². The third-order valence-corrected chi connectivity index (χ3v) is 2.96. The molecule has 0 unspecified atom stereocenters. The van der Waals surface area contributed by atoms with Crippen LogP contribution in [0.1, 0.15) is 19.7 Å². The van der Waals surface area contributed by atoms with Crippen LogP contribution in [0.5, 0.6) is 0 Å². The Morgan fingerprint density at radius 2 is 1.94 bits per heavy atom. The molecule has 1 heterocycles. The fourth-order valence-electron chi connectivity index (χ4n) is 1.48. The number of nitrogens with one attached hydrogen (secondary N) is 1. The first-order valence-corrected chi connectivity index (χ1v) is 6.30. The number of tetrazole rings is 1. The number of hydrogen-bond donors (Lipinski definition) is 1. The van der Waals surface area contributed by atoms with E-state index in [0.29, 0.717) is 34.1 Å². The second kappa shape index (κ2) is 5.65. The SMILES string of the molecule is CC(C)NCc1nnnn1-c1c(Cl)cccc1Cl. The van der Waals surface area contributed by atoms with Crippen LogP contribution >= 0.6 is 23.2 Å². The van der Waals surface area contributed by atoms with E-state index in [2.05, 4.69) is 34.7 Å². The maximum atomic E-state index is 6.13. The Morgan fingerprint density at radius 3 is 2.56 bits per heavy atom. The van der Waals surface area contributed by atoms with Crippen molar-refractivity contribution in [1.29, 1.82) is 0 Å². The molecule has 0 aliphatic rings. The van der Waals surface area contributed by atoms with Gasteiger partial charge in [-0.3, -0.25) is 0 Å². The maximum absolute atomic E-state index is 6.13. The van der Waals surface area contributed by atoms with Crippen molar-refractivity contribution in [3.8, 4) is 5.69 Å². The quantitative estimate of drug-likeness (QED) is 0.938. The molecule has 0 aliphatic carbocycles. The first-order chi connectivity index (χ1) is 8.59. The average molecular weight is 286 g/mol. The summed E-state index contributed by atoms with van der Waals surface area (Å²) in [5.74, 6) is 0.665. The van der Waals surface area contributed by atoms with Crippen molar-refractivity contribution in [2.75, 3.05) is 0 Å². The molecule has 0 saturated carbocycles. The van der Waals surface area contributed by atoms with Crippen LogP contribution in [0.15, 0.2) is 18.2 Å². The van der Waals surface area contributed by atoms with Gasteiger partial charge in [0.15, 0.2) is 5.82 Å². The van der Waals surface area contributed by atoms with Gasteiger partial charge in [0.05, 0.1) is 16.6 Å². The van der Waals surface area contributed by atoms with Crippen molar-refractivity contribution >= 4 is 23.2 Å². The smallest absolute Gasteiger partial charge is 0.170 e. The Hall–Kier alpha value is -1.17. The first kappa shape index (κ1) is 13.3. The van der Waals surface area contributed by atoms with Crippen LogP contribution < -0.4 is 5.32 Å². The number of halogens is 2. The second-order valence-corrected chi connectivity index (χ2v) is 4.93. The molecule has 96 valence electrons. The average Bonchev–Trinajstić information content (AvgIpc) is 2.74. The van der Waals surface area contributed by atoms with E-state index in [0.717, 1.165) is 0 Å². The van der Waals surface area contributed by atoms with Gasteiger partial charge in [-0.15, -0.1) is 5.10 Å². The summed E-state index contributed by atoms with van der Waals surface area (Å²) >= 11 is 12.3. The molecule has 1 aromatic heterocycles. The van der Waals surface area contributed by atoms with Crippen LogP contribution in [-0.4, -0.2) is 26.2 Å². The molecule has 7 heteroatoms. The Kier molecular flexibility index (Phi) is 4.16. The lowest BCUT2D eigenvalue weighted by Gasteiger charge is -2.10. The minimum Gasteiger partial charge on any atom is -0.308 e. The predicted molar refractivity (Wildman–Crippen MR) is 71.1 cm³/mol. The molecular formula is C11H13Cl2N5. The summed E-state index contributed by atoms with van der Waals surface area (Å²) in [6, 6.07) is 5.63. The van der Waals surface area contributed by atoms with Crippen molar-refractivity contribution in [2.24, 2.45) is 0 Å². The zero-order chi connectivity index (χ0) is 13.1. The number of hydrogen-bond acceptors (Lipinski definition) is 4. The van der Waals surface area contributed by atoms with Gasteiger partial charge < -0.3 is 5.32 Å². The predicted octanol–water partition coefficient (Wildman–Crippen LogP) is 2.47. The largest absolute Gasteiger partial charge is 0.308 e. The first-order valence-electron chi connectivity index (χ1n) is 5.54. The summed E-state index contributed by atoms with van der Waals surface area (Å²) in [5, 5.41) is 15.8. The summed E-state index contributed by atoms with van der Waals surface area (Å²) in [5.41, 5.74) is 0.603. The van der Waals surface area contributed by atoms with Crippen LogP contribution in [0.4, 0.5) is 0 Å². The van der Waals surface area contributed by atoms with Crippen LogP contribution in [0.2, 0.25) is 10.0 Å². The molecule has 5 nitrogen and oxygen atoms in total. The van der Waals surface area contributed by atoms with Crippen LogP contribution in [0.25, 0.3) is 5.69 Å². The molecule has 1 aromatic carbocycles. The highest BCUT2D eigenvalue weighted by Crippen LogP contribution is 2.27. The summed E-state index contributed by atoms with van der Waals surface area (Å²) in [6.45, 7) is 4.65. The molecule has 0 radical (unpaired) electrons. The molecule has 0 amide bonds. The molecule has 18 heavy (non-hydrogen) atoms. The topological polar surface area (TPSA) is 55.6 Å². The van der Waals surface area contributed by atoms with E-state index in [1.54, 1.807) is 22.9 Å². The maximum Gasteiger partial charge on any atom is 0.170 e. The highest BCUT2D eigenvalue weighted by atomic mass is 35.5. The van der Waals surface area contributed by atoms with Crippen LogP contribution in [0, 0.1) is 0 Å². The molecular weight excluding hydrogens is 273 g/mol. The molecule has 0 bridgehead atoms. The normalized spacial score (nSPS) is 11.2. The summed E-state index contributed by atoms with van der Waals surface area (Å²) < 4.78 is 1.56. The monoisotopic (exact) mass is 285 g/mol. The van der Waals surface area contributed by atoms with Gasteiger partial charge in [0.25, 0.3) is 0 Å². The summed E-state index contributed by atoms with van der Waals surface area (Å²) in [4.78, 5) is 0. The second-order valence-electron chi connectivity index (χ2n) is 4.11. The summed E-state index contributed by atoms with van der Waals surface area (Å²) in [7, 11) is 0. The summed E-state index contributed by atoms with van der Waals surface area (Å²) in [6.07, 6.45) is 0. The highest BCUT2D eigenvalue weighted by Gasteiger charge is 2.14. The number of nitrogens with zero attached hydrogens (tertiary/aromatic N) is 4. The van der Waals surface area contributed by atoms with Crippen molar-refractivity contribution in [3.05, 3.63) is 34.1 Å². The Morgan fingerprint density at radius 1 is 1.28 bits per heavy atom. The van der Waals surface area contributed by atoms with Gasteiger partial charge in [-0.05, 0) is 22.6 Å². The van der Waals surface area contributed by atoms with Crippen molar-refractivity contribution in [2.45, 2.75) is 26.4 Å². The van der Waals surface area contributed by atoms with Gasteiger partial charge in [0, 0.05) is 6.04 Å². The standard InChI is InChI=1S/C11H13Cl2N5/c1-7(2)14-6-10-15-16-17-18(10)11-8(12)4-3-5-9(11)13/h3-5,7,14H,6H2,1-2H3. The Bertz CT molecular complexity index is 518. The van der Waals surface area contributed by atoms with Gasteiger partial charge in [-0.1, -0.05) is 43.1 Å². The van der Waals surface area contributed by atoms with Crippen LogP contribution in [0.3, 0.4) is 0 Å². The lowest BCUT2D eigenvalue weighted by Crippen LogP contribution is -2.24. The van der Waals surface area contributed by atoms with E-state index in [1.807, 2.05) is 0 Å². The van der Waals surface area contributed by atoms with Gasteiger partial charge in [-0.2, -0.15) is 4.68 Å². The van der Waals surface area contributed by atoms with E-state index in [1.165, 1.54) is 0 Å². The fraction of sp³-hybridized carbons (Fsp3) is 0.364. The zero-order valence-electron chi connectivity index (χ0n) is 10.1. The zero-order valence-corrected chi connectivity index (χ0v) is 11.6. The molecule has 0 fully saturated rings. The molecule has 2 aromatic rings. The van der Waals surface area contributed by atoms with Crippen molar-refractivity contribution in [1.82, 2.24) is 25.5 Å². The highest BCUT2D eigenvalue weighted by molar-refractivity contribution is 6.37. The fourth-order valence-corrected chi connectivity index (χ4v) is 2.03. The number of para-hydroxylation sites is 1. The Labute approximate surface area is 115 Å². The lowest BCUT2D eigenvalue weighted by atomic mass is 10.3. The van der Waals surface area contributed by atoms with Gasteiger partial charge >= 0.3 is 0 Å². The van der Waals surface area contributed by atoms with Crippen molar-refractivity contribution in [3.63, 3.8) is 0 Å². The van der Waals surface area contributed by atoms with Gasteiger partial charge in [0.2, 0.25) is 0 Å². The van der Waals surface area contributed by atoms with Gasteiger partial charge in [0.1, 0.15) is 5.69 Å². The Balaban J connectivity index is 2.36.